The molecular formula is C13H23N3O2. The van der Waals surface area contributed by atoms with Crippen LogP contribution >= 0.6 is 0 Å². The van der Waals surface area contributed by atoms with E-state index < -0.39 is 0 Å². The van der Waals surface area contributed by atoms with E-state index in [9.17, 15) is 9.59 Å². The zero-order valence-corrected chi connectivity index (χ0v) is 11.0. The number of nitrogens with two attached hydrogens (primary N) is 1. The van der Waals surface area contributed by atoms with Gasteiger partial charge in [0.25, 0.3) is 0 Å². The summed E-state index contributed by atoms with van der Waals surface area (Å²) in [5.41, 5.74) is 5.71. The summed E-state index contributed by atoms with van der Waals surface area (Å²) in [7, 11) is 1.79. The Bertz CT molecular complexity index is 332. The fourth-order valence-electron chi connectivity index (χ4n) is 2.98. The number of nitrogens with zero attached hydrogens (tertiary/aromatic N) is 1. The SMILES string of the molecule is CN1CCC(C(=O)NC2CCCC2CN)CC1=O. The average Bonchev–Trinajstić information content (AvgIpc) is 2.79. The number of carbonyl (C=O) groups excluding carboxylic acids is 2. The van der Waals surface area contributed by atoms with Crippen LogP contribution in [0, 0.1) is 11.8 Å². The summed E-state index contributed by atoms with van der Waals surface area (Å²) in [5.74, 6) is 0.383. The normalized spacial score (nSPS) is 32.7. The van der Waals surface area contributed by atoms with Crippen LogP contribution in [0.3, 0.4) is 0 Å². The fraction of sp³-hybridized carbons (Fsp3) is 0.846. The van der Waals surface area contributed by atoms with Gasteiger partial charge in [0.15, 0.2) is 0 Å². The Morgan fingerprint density at radius 2 is 2.22 bits per heavy atom. The Labute approximate surface area is 108 Å². The van der Waals surface area contributed by atoms with Crippen molar-refractivity contribution in [2.24, 2.45) is 17.6 Å². The Hall–Kier alpha value is -1.10. The molecule has 3 N–H and O–H groups in total. The molecule has 5 nitrogen and oxygen atoms in total. The molecule has 3 unspecified atom stereocenters. The van der Waals surface area contributed by atoms with Crippen LogP contribution in [0.4, 0.5) is 0 Å². The zero-order chi connectivity index (χ0) is 13.1. The molecular weight excluding hydrogens is 230 g/mol. The smallest absolute Gasteiger partial charge is 0.223 e. The van der Waals surface area contributed by atoms with Crippen LogP contribution < -0.4 is 11.1 Å². The van der Waals surface area contributed by atoms with Gasteiger partial charge in [0, 0.05) is 32.0 Å². The van der Waals surface area contributed by atoms with Gasteiger partial charge in [-0.3, -0.25) is 9.59 Å². The lowest BCUT2D eigenvalue weighted by Crippen LogP contribution is -2.46. The number of hydrogen-bond donors (Lipinski definition) is 2. The van der Waals surface area contributed by atoms with Crippen molar-refractivity contribution in [1.29, 1.82) is 0 Å². The van der Waals surface area contributed by atoms with Crippen LogP contribution in [0.15, 0.2) is 0 Å². The van der Waals surface area contributed by atoms with E-state index in [1.54, 1.807) is 11.9 Å². The topological polar surface area (TPSA) is 75.4 Å². The Balaban J connectivity index is 1.86. The number of hydrogen-bond acceptors (Lipinski definition) is 3. The van der Waals surface area contributed by atoms with E-state index in [4.69, 9.17) is 5.73 Å². The number of likely N-dealkylation sites (tertiary alicyclic amines) is 1. The lowest BCUT2D eigenvalue weighted by atomic mass is 9.94. The number of carbonyl (C=O) groups is 2. The molecule has 3 atom stereocenters. The van der Waals surface area contributed by atoms with Crippen molar-refractivity contribution in [3.8, 4) is 0 Å². The molecule has 5 heteroatoms. The third-order valence-electron chi connectivity index (χ3n) is 4.32. The highest BCUT2D eigenvalue weighted by Crippen LogP contribution is 2.26. The molecule has 0 radical (unpaired) electrons. The van der Waals surface area contributed by atoms with E-state index in [1.807, 2.05) is 0 Å². The standard InChI is InChI=1S/C13H23N3O2/c1-16-6-5-9(7-12(16)17)13(18)15-11-4-2-3-10(11)8-14/h9-11H,2-8,14H2,1H3,(H,15,18). The molecule has 1 aliphatic carbocycles. The van der Waals surface area contributed by atoms with Crippen molar-refractivity contribution < 1.29 is 9.59 Å². The second-order valence-corrected chi connectivity index (χ2v) is 5.55. The Morgan fingerprint density at radius 3 is 2.89 bits per heavy atom. The Morgan fingerprint density at radius 1 is 1.44 bits per heavy atom. The van der Waals surface area contributed by atoms with Gasteiger partial charge >= 0.3 is 0 Å². The molecule has 0 aromatic rings. The van der Waals surface area contributed by atoms with Crippen LogP contribution in [-0.4, -0.2) is 42.9 Å². The molecule has 18 heavy (non-hydrogen) atoms. The molecule has 0 aromatic heterocycles. The highest BCUT2D eigenvalue weighted by molar-refractivity contribution is 5.87. The fourth-order valence-corrected chi connectivity index (χ4v) is 2.98. The molecule has 0 bridgehead atoms. The number of rotatable bonds is 3. The van der Waals surface area contributed by atoms with Crippen LogP contribution in [0.1, 0.15) is 32.1 Å². The summed E-state index contributed by atoms with van der Waals surface area (Å²) in [6, 6.07) is 0.220. The summed E-state index contributed by atoms with van der Waals surface area (Å²) in [6.07, 6.45) is 4.39. The molecule has 0 spiro atoms. The first-order valence-corrected chi connectivity index (χ1v) is 6.86. The van der Waals surface area contributed by atoms with Gasteiger partial charge in [0.2, 0.25) is 11.8 Å². The van der Waals surface area contributed by atoms with E-state index >= 15 is 0 Å². The van der Waals surface area contributed by atoms with Gasteiger partial charge in [0.05, 0.1) is 0 Å². The zero-order valence-electron chi connectivity index (χ0n) is 11.0. The summed E-state index contributed by atoms with van der Waals surface area (Å²) < 4.78 is 0. The molecule has 102 valence electrons. The maximum absolute atomic E-state index is 12.1. The Kier molecular flexibility index (Phi) is 4.22. The van der Waals surface area contributed by atoms with E-state index in [0.29, 0.717) is 25.4 Å². The van der Waals surface area contributed by atoms with Gasteiger partial charge in [-0.15, -0.1) is 0 Å². The quantitative estimate of drug-likeness (QED) is 0.749. The second kappa shape index (κ2) is 5.69. The van der Waals surface area contributed by atoms with Gasteiger partial charge < -0.3 is 16.0 Å². The first-order chi connectivity index (χ1) is 8.61. The first-order valence-electron chi connectivity index (χ1n) is 6.86. The van der Waals surface area contributed by atoms with E-state index in [-0.39, 0.29) is 23.8 Å². The first kappa shape index (κ1) is 13.3. The van der Waals surface area contributed by atoms with Gasteiger partial charge in [-0.1, -0.05) is 6.42 Å². The molecule has 2 aliphatic rings. The van der Waals surface area contributed by atoms with Gasteiger partial charge in [-0.25, -0.2) is 0 Å². The minimum Gasteiger partial charge on any atom is -0.353 e. The largest absolute Gasteiger partial charge is 0.353 e. The average molecular weight is 253 g/mol. The van der Waals surface area contributed by atoms with Crippen molar-refractivity contribution in [2.45, 2.75) is 38.1 Å². The van der Waals surface area contributed by atoms with E-state index in [2.05, 4.69) is 5.32 Å². The molecule has 0 aromatic carbocycles. The third-order valence-corrected chi connectivity index (χ3v) is 4.32. The molecule has 1 aliphatic heterocycles. The monoisotopic (exact) mass is 253 g/mol. The minimum absolute atomic E-state index is 0.0433. The minimum atomic E-state index is -0.146. The van der Waals surface area contributed by atoms with E-state index in [0.717, 1.165) is 25.7 Å². The molecule has 1 saturated heterocycles. The maximum atomic E-state index is 12.1. The van der Waals surface area contributed by atoms with Crippen LogP contribution in [0.25, 0.3) is 0 Å². The predicted octanol–water partition coefficient (Wildman–Crippen LogP) is 0.0984. The summed E-state index contributed by atoms with van der Waals surface area (Å²) in [5, 5.41) is 3.10. The molecule has 1 heterocycles. The molecule has 1 saturated carbocycles. The lowest BCUT2D eigenvalue weighted by molar-refractivity contribution is -0.139. The number of nitrogens with one attached hydrogen (secondary N) is 1. The van der Waals surface area contributed by atoms with Crippen molar-refractivity contribution in [3.05, 3.63) is 0 Å². The van der Waals surface area contributed by atoms with Gasteiger partial charge in [-0.2, -0.15) is 0 Å². The summed E-state index contributed by atoms with van der Waals surface area (Å²) in [4.78, 5) is 25.4. The highest BCUT2D eigenvalue weighted by atomic mass is 16.2. The van der Waals surface area contributed by atoms with Crippen molar-refractivity contribution in [1.82, 2.24) is 10.2 Å². The van der Waals surface area contributed by atoms with Crippen molar-refractivity contribution >= 4 is 11.8 Å². The van der Waals surface area contributed by atoms with Crippen molar-refractivity contribution in [2.75, 3.05) is 20.1 Å². The highest BCUT2D eigenvalue weighted by Gasteiger charge is 2.32. The molecule has 2 amide bonds. The third kappa shape index (κ3) is 2.83. The second-order valence-electron chi connectivity index (χ2n) is 5.55. The lowest BCUT2D eigenvalue weighted by Gasteiger charge is -2.29. The maximum Gasteiger partial charge on any atom is 0.223 e. The van der Waals surface area contributed by atoms with Gasteiger partial charge in [-0.05, 0) is 31.7 Å². The van der Waals surface area contributed by atoms with Crippen molar-refractivity contribution in [3.63, 3.8) is 0 Å². The molecule has 2 rings (SSSR count). The number of piperidine rings is 1. The van der Waals surface area contributed by atoms with E-state index in [1.165, 1.54) is 0 Å². The molecule has 2 fully saturated rings. The predicted molar refractivity (Wildman–Crippen MR) is 68.7 cm³/mol. The summed E-state index contributed by atoms with van der Waals surface area (Å²) >= 11 is 0. The summed E-state index contributed by atoms with van der Waals surface area (Å²) in [6.45, 7) is 1.32. The van der Waals surface area contributed by atoms with Crippen LogP contribution in [0.2, 0.25) is 0 Å². The van der Waals surface area contributed by atoms with Gasteiger partial charge in [0.1, 0.15) is 0 Å². The van der Waals surface area contributed by atoms with Crippen LogP contribution in [0.5, 0.6) is 0 Å². The van der Waals surface area contributed by atoms with Crippen LogP contribution in [-0.2, 0) is 9.59 Å². The number of amides is 2.